The quantitative estimate of drug-likeness (QED) is 0.713. The van der Waals surface area contributed by atoms with Crippen molar-refractivity contribution < 1.29 is 14.0 Å². The zero-order valence-corrected chi connectivity index (χ0v) is 15.3. The second-order valence-corrected chi connectivity index (χ2v) is 6.40. The molecule has 0 aliphatic heterocycles. The third-order valence-electron chi connectivity index (χ3n) is 3.93. The molecule has 2 heterocycles. The molecule has 0 fully saturated rings. The highest BCUT2D eigenvalue weighted by Crippen LogP contribution is 2.21. The van der Waals surface area contributed by atoms with Gasteiger partial charge in [-0.25, -0.2) is 9.97 Å². The molecule has 0 saturated carbocycles. The van der Waals surface area contributed by atoms with Gasteiger partial charge in [-0.2, -0.15) is 0 Å². The van der Waals surface area contributed by atoms with Gasteiger partial charge in [-0.1, -0.05) is 13.8 Å². The number of nitrogens with zero attached hydrogens (tertiary/aromatic N) is 2. The zero-order valence-electron chi connectivity index (χ0n) is 15.3. The van der Waals surface area contributed by atoms with E-state index in [-0.39, 0.29) is 23.5 Å². The van der Waals surface area contributed by atoms with Crippen LogP contribution in [-0.4, -0.2) is 21.8 Å². The number of aryl methyl sites for hydroxylation is 1. The summed E-state index contributed by atoms with van der Waals surface area (Å²) in [7, 11) is 0. The number of aromatic nitrogens is 2. The number of benzene rings is 1. The van der Waals surface area contributed by atoms with Gasteiger partial charge in [-0.05, 0) is 42.8 Å². The second-order valence-electron chi connectivity index (χ2n) is 6.40. The van der Waals surface area contributed by atoms with E-state index in [1.807, 2.05) is 20.8 Å². The highest BCUT2D eigenvalue weighted by atomic mass is 16.3. The number of amides is 2. The highest BCUT2D eigenvalue weighted by Gasteiger charge is 2.12. The van der Waals surface area contributed by atoms with Crippen molar-refractivity contribution in [3.05, 3.63) is 71.7 Å². The summed E-state index contributed by atoms with van der Waals surface area (Å²) >= 11 is 0. The smallest absolute Gasteiger partial charge is 0.291 e. The number of furan rings is 1. The Hall–Kier alpha value is -3.48. The minimum Gasteiger partial charge on any atom is -0.459 e. The van der Waals surface area contributed by atoms with Crippen LogP contribution in [0, 0.1) is 6.92 Å². The number of hydrogen-bond acceptors (Lipinski definition) is 5. The van der Waals surface area contributed by atoms with E-state index in [1.54, 1.807) is 30.3 Å². The number of carbonyl (C=O) groups is 2. The molecule has 3 rings (SSSR count). The molecule has 0 saturated heterocycles. The first-order valence-corrected chi connectivity index (χ1v) is 8.53. The number of carbonyl (C=O) groups excluding carboxylic acids is 2. The SMILES string of the molecule is Cc1cc(NC(=O)c2cnc(C(C)C)nc2)ccc1NC(=O)c1ccco1. The largest absolute Gasteiger partial charge is 0.459 e. The summed E-state index contributed by atoms with van der Waals surface area (Å²) in [5.74, 6) is 0.503. The first-order valence-electron chi connectivity index (χ1n) is 8.53. The van der Waals surface area contributed by atoms with Gasteiger partial charge in [0.25, 0.3) is 11.8 Å². The van der Waals surface area contributed by atoms with Crippen LogP contribution in [0.3, 0.4) is 0 Å². The average Bonchev–Trinajstić information content (AvgIpc) is 3.19. The van der Waals surface area contributed by atoms with E-state index in [0.717, 1.165) is 5.56 Å². The maximum Gasteiger partial charge on any atom is 0.291 e. The van der Waals surface area contributed by atoms with Crippen molar-refractivity contribution >= 4 is 23.2 Å². The molecule has 0 spiro atoms. The van der Waals surface area contributed by atoms with Gasteiger partial charge in [0, 0.05) is 29.7 Å². The molecule has 0 atom stereocenters. The number of rotatable bonds is 5. The molecule has 1 aromatic carbocycles. The van der Waals surface area contributed by atoms with Crippen molar-refractivity contribution in [1.82, 2.24) is 9.97 Å². The van der Waals surface area contributed by atoms with E-state index < -0.39 is 0 Å². The first kappa shape index (κ1) is 18.3. The lowest BCUT2D eigenvalue weighted by atomic mass is 10.1. The van der Waals surface area contributed by atoms with Crippen molar-refractivity contribution in [1.29, 1.82) is 0 Å². The van der Waals surface area contributed by atoms with Gasteiger partial charge in [0.15, 0.2) is 5.76 Å². The van der Waals surface area contributed by atoms with Crippen LogP contribution in [0.25, 0.3) is 0 Å². The number of anilines is 2. The van der Waals surface area contributed by atoms with Crippen LogP contribution in [-0.2, 0) is 0 Å². The zero-order chi connectivity index (χ0) is 19.4. The van der Waals surface area contributed by atoms with Crippen molar-refractivity contribution in [3.8, 4) is 0 Å². The van der Waals surface area contributed by atoms with Crippen LogP contribution >= 0.6 is 0 Å². The maximum atomic E-state index is 12.4. The number of nitrogens with one attached hydrogen (secondary N) is 2. The topological polar surface area (TPSA) is 97.1 Å². The fourth-order valence-corrected chi connectivity index (χ4v) is 2.43. The Kier molecular flexibility index (Phi) is 5.30. The van der Waals surface area contributed by atoms with Gasteiger partial charge in [-0.15, -0.1) is 0 Å². The minimum atomic E-state index is -0.331. The predicted molar refractivity (Wildman–Crippen MR) is 102 cm³/mol. The summed E-state index contributed by atoms with van der Waals surface area (Å²) in [5.41, 5.74) is 2.44. The lowest BCUT2D eigenvalue weighted by Crippen LogP contribution is -2.14. The van der Waals surface area contributed by atoms with Crippen molar-refractivity contribution in [2.75, 3.05) is 10.6 Å². The average molecular weight is 364 g/mol. The van der Waals surface area contributed by atoms with Gasteiger partial charge in [0.2, 0.25) is 0 Å². The summed E-state index contributed by atoms with van der Waals surface area (Å²) in [6.45, 7) is 5.82. The normalized spacial score (nSPS) is 10.7. The van der Waals surface area contributed by atoms with E-state index >= 15 is 0 Å². The summed E-state index contributed by atoms with van der Waals surface area (Å²) in [6.07, 6.45) is 4.47. The lowest BCUT2D eigenvalue weighted by Gasteiger charge is -2.11. The van der Waals surface area contributed by atoms with E-state index in [0.29, 0.717) is 22.8 Å². The molecular formula is C20H20N4O3. The van der Waals surface area contributed by atoms with Gasteiger partial charge in [0.1, 0.15) is 5.82 Å². The lowest BCUT2D eigenvalue weighted by molar-refractivity contribution is 0.0994. The van der Waals surface area contributed by atoms with E-state index in [4.69, 9.17) is 4.42 Å². The molecule has 7 heteroatoms. The van der Waals surface area contributed by atoms with Gasteiger partial charge < -0.3 is 15.1 Å². The minimum absolute atomic E-state index is 0.202. The standard InChI is InChI=1S/C20H20N4O3/c1-12(2)18-21-10-14(11-22-18)19(25)23-15-6-7-16(13(3)9-15)24-20(26)17-5-4-8-27-17/h4-12H,1-3H3,(H,23,25)(H,24,26). The molecule has 2 aromatic heterocycles. The molecule has 27 heavy (non-hydrogen) atoms. The summed E-state index contributed by atoms with van der Waals surface area (Å²) < 4.78 is 5.07. The fourth-order valence-electron chi connectivity index (χ4n) is 2.43. The Morgan fingerprint density at radius 3 is 2.37 bits per heavy atom. The molecule has 2 amide bonds. The Morgan fingerprint density at radius 1 is 1.04 bits per heavy atom. The van der Waals surface area contributed by atoms with Crippen LogP contribution in [0.4, 0.5) is 11.4 Å². The number of hydrogen-bond donors (Lipinski definition) is 2. The monoisotopic (exact) mass is 364 g/mol. The molecule has 0 radical (unpaired) electrons. The van der Waals surface area contributed by atoms with Crippen LogP contribution < -0.4 is 10.6 Å². The Bertz CT molecular complexity index is 948. The fraction of sp³-hybridized carbons (Fsp3) is 0.200. The Labute approximate surface area is 156 Å². The van der Waals surface area contributed by atoms with E-state index in [9.17, 15) is 9.59 Å². The molecule has 0 aliphatic rings. The van der Waals surface area contributed by atoms with Crippen LogP contribution in [0.1, 0.15) is 52.1 Å². The van der Waals surface area contributed by atoms with Crippen LogP contribution in [0.5, 0.6) is 0 Å². The van der Waals surface area contributed by atoms with Gasteiger partial charge in [-0.3, -0.25) is 9.59 Å². The molecule has 7 nitrogen and oxygen atoms in total. The second kappa shape index (κ2) is 7.82. The highest BCUT2D eigenvalue weighted by molar-refractivity contribution is 6.05. The summed E-state index contributed by atoms with van der Waals surface area (Å²) in [4.78, 5) is 32.8. The van der Waals surface area contributed by atoms with Crippen LogP contribution in [0.2, 0.25) is 0 Å². The molecule has 0 aliphatic carbocycles. The van der Waals surface area contributed by atoms with Crippen molar-refractivity contribution in [3.63, 3.8) is 0 Å². The van der Waals surface area contributed by atoms with Crippen LogP contribution in [0.15, 0.2) is 53.4 Å². The predicted octanol–water partition coefficient (Wildman–Crippen LogP) is 4.01. The van der Waals surface area contributed by atoms with E-state index in [1.165, 1.54) is 18.7 Å². The first-order chi connectivity index (χ1) is 12.9. The summed E-state index contributed by atoms with van der Waals surface area (Å²) in [6, 6.07) is 8.46. The molecule has 2 N–H and O–H groups in total. The molecule has 0 bridgehead atoms. The maximum absolute atomic E-state index is 12.4. The van der Waals surface area contributed by atoms with Crippen molar-refractivity contribution in [2.45, 2.75) is 26.7 Å². The van der Waals surface area contributed by atoms with Gasteiger partial charge in [0.05, 0.1) is 11.8 Å². The van der Waals surface area contributed by atoms with E-state index in [2.05, 4.69) is 20.6 Å². The third kappa shape index (κ3) is 4.38. The summed E-state index contributed by atoms with van der Waals surface area (Å²) in [5, 5.41) is 5.58. The van der Waals surface area contributed by atoms with Gasteiger partial charge >= 0.3 is 0 Å². The molecule has 138 valence electrons. The molecule has 0 unspecified atom stereocenters. The third-order valence-corrected chi connectivity index (χ3v) is 3.93. The Morgan fingerprint density at radius 2 is 1.78 bits per heavy atom. The molecule has 3 aromatic rings. The van der Waals surface area contributed by atoms with Crippen molar-refractivity contribution in [2.24, 2.45) is 0 Å². The Balaban J connectivity index is 1.68. The molecular weight excluding hydrogens is 344 g/mol.